The predicted molar refractivity (Wildman–Crippen MR) is 65.3 cm³/mol. The van der Waals surface area contributed by atoms with Gasteiger partial charge >= 0.3 is 0 Å². The van der Waals surface area contributed by atoms with Crippen molar-refractivity contribution in [1.29, 1.82) is 0 Å². The van der Waals surface area contributed by atoms with E-state index in [4.69, 9.17) is 0 Å². The van der Waals surface area contributed by atoms with Gasteiger partial charge in [-0.05, 0) is 35.4 Å². The van der Waals surface area contributed by atoms with Crippen molar-refractivity contribution in [3.63, 3.8) is 0 Å². The molecule has 0 N–H and O–H groups in total. The molecular formula is C11H14S2. The molecule has 0 spiro atoms. The zero-order chi connectivity index (χ0) is 10.3. The highest BCUT2D eigenvalue weighted by molar-refractivity contribution is 7.93. The Morgan fingerprint density at radius 3 is 1.62 bits per heavy atom. The van der Waals surface area contributed by atoms with Crippen LogP contribution < -0.4 is 0 Å². The second kappa shape index (κ2) is 5.98. The fourth-order valence-electron chi connectivity index (χ4n) is 0.938. The molecule has 0 saturated heterocycles. The average Bonchev–Trinajstić information content (AvgIpc) is 2.06. The minimum Gasteiger partial charge on any atom is -0.0622 e. The van der Waals surface area contributed by atoms with Gasteiger partial charge in [-0.25, -0.2) is 0 Å². The molecule has 1 aromatic carbocycles. The Morgan fingerprint density at radius 2 is 1.38 bits per heavy atom. The Balaban J connectivity index is 0.000000424. The van der Waals surface area contributed by atoms with Gasteiger partial charge in [0.25, 0.3) is 0 Å². The highest BCUT2D eigenvalue weighted by Crippen LogP contribution is 2.20. The van der Waals surface area contributed by atoms with Crippen LogP contribution in [-0.4, -0.2) is 4.31 Å². The molecule has 0 fully saturated rings. The van der Waals surface area contributed by atoms with Gasteiger partial charge in [0.05, 0.1) is 0 Å². The average molecular weight is 210 g/mol. The summed E-state index contributed by atoms with van der Waals surface area (Å²) in [6.45, 7) is 6.67. The lowest BCUT2D eigenvalue weighted by Crippen LogP contribution is -2.10. The van der Waals surface area contributed by atoms with Crippen molar-refractivity contribution in [2.45, 2.75) is 26.2 Å². The van der Waals surface area contributed by atoms with Gasteiger partial charge in [-0.15, -0.1) is 0 Å². The molecule has 0 heterocycles. The Hall–Kier alpha value is -0.560. The van der Waals surface area contributed by atoms with E-state index in [0.717, 1.165) is 0 Å². The normalized spacial score (nSPS) is 9.46. The molecule has 0 amide bonds. The Morgan fingerprint density at radius 1 is 1.00 bits per heavy atom. The van der Waals surface area contributed by atoms with E-state index < -0.39 is 0 Å². The van der Waals surface area contributed by atoms with Crippen molar-refractivity contribution in [3.05, 3.63) is 35.9 Å². The molecule has 0 radical (unpaired) electrons. The monoisotopic (exact) mass is 210 g/mol. The molecule has 0 nitrogen and oxygen atoms in total. The van der Waals surface area contributed by atoms with Crippen LogP contribution in [-0.2, 0) is 5.41 Å². The van der Waals surface area contributed by atoms with E-state index in [1.165, 1.54) is 5.56 Å². The van der Waals surface area contributed by atoms with E-state index in [0.29, 0.717) is 5.41 Å². The van der Waals surface area contributed by atoms with Crippen molar-refractivity contribution in [1.82, 2.24) is 0 Å². The van der Waals surface area contributed by atoms with Crippen LogP contribution in [0.1, 0.15) is 26.3 Å². The number of hydrogen-bond donors (Lipinski definition) is 0. The van der Waals surface area contributed by atoms with Crippen LogP contribution in [0.5, 0.6) is 0 Å². The van der Waals surface area contributed by atoms with Crippen LogP contribution in [0.4, 0.5) is 0 Å². The van der Waals surface area contributed by atoms with E-state index in [-0.39, 0.29) is 0 Å². The number of benzene rings is 1. The molecule has 0 saturated carbocycles. The number of rotatable bonds is 0. The number of thiocarbonyl (C=S) groups is 2. The standard InChI is InChI=1S/C10H14.CS2/c1-10(2,3)9-7-5-4-6-8-9;2-1-3/h4-8H,1-3H3;. The summed E-state index contributed by atoms with van der Waals surface area (Å²) in [6.07, 6.45) is 0. The molecule has 0 aliphatic rings. The Bertz CT molecular complexity index is 264. The van der Waals surface area contributed by atoms with Gasteiger partial charge in [0.1, 0.15) is 0 Å². The minimum absolute atomic E-state index is 0.293. The topological polar surface area (TPSA) is 0 Å². The first kappa shape index (κ1) is 12.4. The van der Waals surface area contributed by atoms with Crippen LogP contribution in [0, 0.1) is 0 Å². The lowest BCUT2D eigenvalue weighted by atomic mass is 9.87. The van der Waals surface area contributed by atoms with Gasteiger partial charge < -0.3 is 0 Å². The third-order valence-electron chi connectivity index (χ3n) is 1.64. The van der Waals surface area contributed by atoms with Crippen molar-refractivity contribution in [2.75, 3.05) is 0 Å². The second-order valence-corrected chi connectivity index (χ2v) is 4.37. The molecule has 70 valence electrons. The lowest BCUT2D eigenvalue weighted by Gasteiger charge is -2.18. The maximum absolute atomic E-state index is 3.96. The van der Waals surface area contributed by atoms with Crippen molar-refractivity contribution in [3.8, 4) is 0 Å². The quantitative estimate of drug-likeness (QED) is 0.594. The SMILES string of the molecule is CC(C)(C)c1ccccc1.S=C=S. The van der Waals surface area contributed by atoms with Crippen molar-refractivity contribution in [2.24, 2.45) is 0 Å². The summed E-state index contributed by atoms with van der Waals surface area (Å²) in [5.41, 5.74) is 1.69. The van der Waals surface area contributed by atoms with Crippen LogP contribution in [0.15, 0.2) is 30.3 Å². The van der Waals surface area contributed by atoms with Gasteiger partial charge in [-0.3, -0.25) is 0 Å². The fourth-order valence-corrected chi connectivity index (χ4v) is 0.938. The molecule has 0 aliphatic heterocycles. The maximum atomic E-state index is 3.96. The third kappa shape index (κ3) is 5.64. The summed E-state index contributed by atoms with van der Waals surface area (Å²) in [7, 11) is 0. The first-order valence-corrected chi connectivity index (χ1v) is 4.89. The molecule has 0 atom stereocenters. The van der Waals surface area contributed by atoms with E-state index in [1.54, 1.807) is 0 Å². The van der Waals surface area contributed by atoms with E-state index in [9.17, 15) is 0 Å². The first-order chi connectivity index (χ1) is 6.02. The molecule has 0 unspecified atom stereocenters. The Labute approximate surface area is 91.0 Å². The van der Waals surface area contributed by atoms with E-state index in [2.05, 4.69) is 75.5 Å². The summed E-state index contributed by atoms with van der Waals surface area (Å²) in [5, 5.41) is 0. The molecule has 0 bridgehead atoms. The lowest BCUT2D eigenvalue weighted by molar-refractivity contribution is 0.590. The van der Waals surface area contributed by atoms with E-state index in [1.807, 2.05) is 4.31 Å². The maximum Gasteiger partial charge on any atom is 0.0297 e. The molecule has 2 heteroatoms. The zero-order valence-corrected chi connectivity index (χ0v) is 9.84. The molecule has 1 rings (SSSR count). The molecule has 1 aromatic rings. The van der Waals surface area contributed by atoms with Crippen LogP contribution in [0.3, 0.4) is 0 Å². The van der Waals surface area contributed by atoms with Gasteiger partial charge in [-0.1, -0.05) is 51.1 Å². The highest BCUT2D eigenvalue weighted by atomic mass is 32.1. The fraction of sp³-hybridized carbons (Fsp3) is 0.364. The van der Waals surface area contributed by atoms with Crippen LogP contribution in [0.25, 0.3) is 0 Å². The summed E-state index contributed by atoms with van der Waals surface area (Å²) < 4.78 is 1.92. The predicted octanol–water partition coefficient (Wildman–Crippen LogP) is 4.00. The summed E-state index contributed by atoms with van der Waals surface area (Å²) in [5.74, 6) is 0. The Kier molecular flexibility index (Phi) is 5.72. The van der Waals surface area contributed by atoms with Gasteiger partial charge in [-0.2, -0.15) is 0 Å². The van der Waals surface area contributed by atoms with Gasteiger partial charge in [0.2, 0.25) is 0 Å². The molecule has 0 aromatic heterocycles. The largest absolute Gasteiger partial charge is 0.0622 e. The third-order valence-corrected chi connectivity index (χ3v) is 1.64. The molecule has 0 aliphatic carbocycles. The first-order valence-electron chi connectivity index (χ1n) is 4.07. The van der Waals surface area contributed by atoms with Crippen LogP contribution >= 0.6 is 24.4 Å². The second-order valence-electron chi connectivity index (χ2n) is 3.70. The summed E-state index contributed by atoms with van der Waals surface area (Å²) in [4.78, 5) is 0. The smallest absolute Gasteiger partial charge is 0.0297 e. The summed E-state index contributed by atoms with van der Waals surface area (Å²) in [6, 6.07) is 10.6. The van der Waals surface area contributed by atoms with Gasteiger partial charge in [0.15, 0.2) is 0 Å². The number of hydrogen-bond acceptors (Lipinski definition) is 2. The minimum atomic E-state index is 0.293. The van der Waals surface area contributed by atoms with Crippen LogP contribution in [0.2, 0.25) is 0 Å². The van der Waals surface area contributed by atoms with Gasteiger partial charge in [0, 0.05) is 4.31 Å². The zero-order valence-electron chi connectivity index (χ0n) is 8.20. The summed E-state index contributed by atoms with van der Waals surface area (Å²) >= 11 is 7.92. The highest BCUT2D eigenvalue weighted by Gasteiger charge is 2.11. The van der Waals surface area contributed by atoms with E-state index >= 15 is 0 Å². The van der Waals surface area contributed by atoms with Crippen molar-refractivity contribution < 1.29 is 0 Å². The van der Waals surface area contributed by atoms with Crippen molar-refractivity contribution >= 4 is 28.7 Å². The molecule has 13 heavy (non-hydrogen) atoms. The molecular weight excluding hydrogens is 196 g/mol.